The van der Waals surface area contributed by atoms with Gasteiger partial charge in [-0.3, -0.25) is 9.59 Å². The van der Waals surface area contributed by atoms with Crippen LogP contribution in [-0.4, -0.2) is 23.0 Å². The lowest BCUT2D eigenvalue weighted by atomic mass is 9.78. The molecule has 1 amide bonds. The number of nitrogens with one attached hydrogen (secondary N) is 1. The Bertz CT molecular complexity index is 349. The molecule has 18 heavy (non-hydrogen) atoms. The molecule has 1 aliphatic rings. The maximum absolute atomic E-state index is 12.1. The molecule has 0 heterocycles. The van der Waals surface area contributed by atoms with E-state index in [-0.39, 0.29) is 18.4 Å². The molecule has 0 aromatic rings. The van der Waals surface area contributed by atoms with E-state index in [2.05, 4.69) is 5.32 Å². The number of nitrogens with zero attached hydrogens (tertiary/aromatic N) is 1. The van der Waals surface area contributed by atoms with Gasteiger partial charge in [-0.1, -0.05) is 19.8 Å². The maximum atomic E-state index is 12.1. The van der Waals surface area contributed by atoms with E-state index in [9.17, 15) is 9.59 Å². The molecular formula is C13H20N2O3. The smallest absolute Gasteiger partial charge is 0.307 e. The molecule has 0 aromatic heterocycles. The zero-order valence-corrected chi connectivity index (χ0v) is 10.7. The summed E-state index contributed by atoms with van der Waals surface area (Å²) in [6.07, 6.45) is 3.93. The van der Waals surface area contributed by atoms with Crippen molar-refractivity contribution in [1.29, 1.82) is 5.26 Å². The largest absolute Gasteiger partial charge is 0.481 e. The van der Waals surface area contributed by atoms with Crippen LogP contribution in [0.1, 0.15) is 45.4 Å². The number of rotatable bonds is 5. The summed E-state index contributed by atoms with van der Waals surface area (Å²) < 4.78 is 0. The standard InChI is InChI=1S/C13H20N2O3/c1-2-9(7-8-14)15-12(16)10-5-3-4-6-11(10)13(17)18/h9-11H,2-7H2,1H3,(H,15,16)(H,17,18)/t9?,10-,11+/m1/s1. The number of nitriles is 1. The number of carbonyl (C=O) groups is 2. The first kappa shape index (κ1) is 14.5. The highest BCUT2D eigenvalue weighted by atomic mass is 16.4. The third-order valence-electron chi connectivity index (χ3n) is 3.60. The van der Waals surface area contributed by atoms with Crippen LogP contribution in [0.3, 0.4) is 0 Å². The second-order valence-corrected chi connectivity index (χ2v) is 4.81. The van der Waals surface area contributed by atoms with Gasteiger partial charge in [0.05, 0.1) is 24.3 Å². The SMILES string of the molecule is CCC(CC#N)NC(=O)[C@@H]1CCCC[C@@H]1C(=O)O. The van der Waals surface area contributed by atoms with Crippen LogP contribution >= 0.6 is 0 Å². The van der Waals surface area contributed by atoms with E-state index in [4.69, 9.17) is 10.4 Å². The predicted molar refractivity (Wildman–Crippen MR) is 65.5 cm³/mol. The van der Waals surface area contributed by atoms with Gasteiger partial charge in [0.1, 0.15) is 0 Å². The molecule has 0 radical (unpaired) electrons. The van der Waals surface area contributed by atoms with Gasteiger partial charge in [0.15, 0.2) is 0 Å². The average Bonchev–Trinajstić information content (AvgIpc) is 2.38. The van der Waals surface area contributed by atoms with E-state index in [1.54, 1.807) is 0 Å². The second-order valence-electron chi connectivity index (χ2n) is 4.81. The minimum Gasteiger partial charge on any atom is -0.481 e. The Balaban J connectivity index is 2.63. The van der Waals surface area contributed by atoms with Crippen LogP contribution in [0.4, 0.5) is 0 Å². The van der Waals surface area contributed by atoms with Crippen LogP contribution in [0.25, 0.3) is 0 Å². The average molecular weight is 252 g/mol. The quantitative estimate of drug-likeness (QED) is 0.779. The highest BCUT2D eigenvalue weighted by Gasteiger charge is 2.36. The maximum Gasteiger partial charge on any atom is 0.307 e. The Hall–Kier alpha value is -1.57. The van der Waals surface area contributed by atoms with E-state index < -0.39 is 17.8 Å². The predicted octanol–water partition coefficient (Wildman–Crippen LogP) is 1.69. The highest BCUT2D eigenvalue weighted by Crippen LogP contribution is 2.30. The van der Waals surface area contributed by atoms with Crippen LogP contribution < -0.4 is 5.32 Å². The van der Waals surface area contributed by atoms with Gasteiger partial charge in [0.25, 0.3) is 0 Å². The van der Waals surface area contributed by atoms with Gasteiger partial charge in [0.2, 0.25) is 5.91 Å². The summed E-state index contributed by atoms with van der Waals surface area (Å²) in [6, 6.07) is 1.86. The fourth-order valence-corrected chi connectivity index (χ4v) is 2.46. The van der Waals surface area contributed by atoms with E-state index in [0.29, 0.717) is 19.3 Å². The minimum atomic E-state index is -0.886. The number of carbonyl (C=O) groups excluding carboxylic acids is 1. The summed E-state index contributed by atoms with van der Waals surface area (Å²) in [5.74, 6) is -2.10. The molecule has 0 saturated heterocycles. The molecule has 2 N–H and O–H groups in total. The number of amides is 1. The van der Waals surface area contributed by atoms with E-state index in [1.807, 2.05) is 13.0 Å². The van der Waals surface area contributed by atoms with Crippen LogP contribution in [0, 0.1) is 23.2 Å². The Labute approximate surface area is 107 Å². The zero-order valence-electron chi connectivity index (χ0n) is 10.7. The van der Waals surface area contributed by atoms with Crippen molar-refractivity contribution in [3.05, 3.63) is 0 Å². The molecule has 0 spiro atoms. The van der Waals surface area contributed by atoms with Crippen molar-refractivity contribution >= 4 is 11.9 Å². The van der Waals surface area contributed by atoms with Gasteiger partial charge in [-0.05, 0) is 19.3 Å². The lowest BCUT2D eigenvalue weighted by molar-refractivity contribution is -0.149. The van der Waals surface area contributed by atoms with Crippen molar-refractivity contribution in [1.82, 2.24) is 5.32 Å². The summed E-state index contributed by atoms with van der Waals surface area (Å²) >= 11 is 0. The Morgan fingerprint density at radius 2 is 2.00 bits per heavy atom. The number of aliphatic carboxylic acids is 1. The molecular weight excluding hydrogens is 232 g/mol. The van der Waals surface area contributed by atoms with E-state index in [0.717, 1.165) is 12.8 Å². The molecule has 5 nitrogen and oxygen atoms in total. The molecule has 1 fully saturated rings. The Morgan fingerprint density at radius 1 is 1.39 bits per heavy atom. The zero-order chi connectivity index (χ0) is 13.5. The lowest BCUT2D eigenvalue weighted by Crippen LogP contribution is -2.43. The minimum absolute atomic E-state index is 0.168. The molecule has 1 aliphatic carbocycles. The molecule has 0 bridgehead atoms. The van der Waals surface area contributed by atoms with Gasteiger partial charge in [0, 0.05) is 6.04 Å². The molecule has 1 rings (SSSR count). The number of hydrogen-bond acceptors (Lipinski definition) is 3. The third kappa shape index (κ3) is 3.73. The Morgan fingerprint density at radius 3 is 2.50 bits per heavy atom. The second kappa shape index (κ2) is 7.00. The summed E-state index contributed by atoms with van der Waals surface area (Å²) in [5, 5.41) is 20.6. The molecule has 100 valence electrons. The van der Waals surface area contributed by atoms with Crippen LogP contribution in [0.15, 0.2) is 0 Å². The first-order valence-electron chi connectivity index (χ1n) is 6.50. The van der Waals surface area contributed by atoms with Gasteiger partial charge >= 0.3 is 5.97 Å². The van der Waals surface area contributed by atoms with Crippen molar-refractivity contribution in [3.63, 3.8) is 0 Å². The first-order valence-corrected chi connectivity index (χ1v) is 6.50. The molecule has 1 unspecified atom stereocenters. The topological polar surface area (TPSA) is 90.2 Å². The van der Waals surface area contributed by atoms with Crippen molar-refractivity contribution in [2.45, 2.75) is 51.5 Å². The monoisotopic (exact) mass is 252 g/mol. The van der Waals surface area contributed by atoms with Crippen molar-refractivity contribution in [2.75, 3.05) is 0 Å². The summed E-state index contributed by atoms with van der Waals surface area (Å²) in [7, 11) is 0. The number of carboxylic acids is 1. The van der Waals surface area contributed by atoms with Gasteiger partial charge in [-0.2, -0.15) is 5.26 Å². The molecule has 5 heteroatoms. The van der Waals surface area contributed by atoms with Gasteiger partial charge < -0.3 is 10.4 Å². The molecule has 3 atom stereocenters. The van der Waals surface area contributed by atoms with Crippen LogP contribution in [0.2, 0.25) is 0 Å². The van der Waals surface area contributed by atoms with E-state index >= 15 is 0 Å². The van der Waals surface area contributed by atoms with E-state index in [1.165, 1.54) is 0 Å². The fraction of sp³-hybridized carbons (Fsp3) is 0.769. The first-order chi connectivity index (χ1) is 8.60. The number of carboxylic acid groups (broad SMARTS) is 1. The third-order valence-corrected chi connectivity index (χ3v) is 3.60. The lowest BCUT2D eigenvalue weighted by Gasteiger charge is -2.28. The van der Waals surface area contributed by atoms with Crippen molar-refractivity contribution < 1.29 is 14.7 Å². The summed E-state index contributed by atoms with van der Waals surface area (Å²) in [6.45, 7) is 1.90. The van der Waals surface area contributed by atoms with Crippen molar-refractivity contribution in [3.8, 4) is 6.07 Å². The van der Waals surface area contributed by atoms with Crippen molar-refractivity contribution in [2.24, 2.45) is 11.8 Å². The molecule has 0 aliphatic heterocycles. The van der Waals surface area contributed by atoms with Gasteiger partial charge in [-0.25, -0.2) is 0 Å². The summed E-state index contributed by atoms with van der Waals surface area (Å²) in [5.41, 5.74) is 0. The summed E-state index contributed by atoms with van der Waals surface area (Å²) in [4.78, 5) is 23.2. The number of hydrogen-bond donors (Lipinski definition) is 2. The Kier molecular flexibility index (Phi) is 5.63. The van der Waals surface area contributed by atoms with Crippen LogP contribution in [-0.2, 0) is 9.59 Å². The van der Waals surface area contributed by atoms with Gasteiger partial charge in [-0.15, -0.1) is 0 Å². The highest BCUT2D eigenvalue weighted by molar-refractivity contribution is 5.85. The molecule has 0 aromatic carbocycles. The fourth-order valence-electron chi connectivity index (χ4n) is 2.46. The van der Waals surface area contributed by atoms with Crippen LogP contribution in [0.5, 0.6) is 0 Å². The molecule has 1 saturated carbocycles. The normalized spacial score (nSPS) is 24.9.